The molecule has 4 rings (SSSR count). The van der Waals surface area contributed by atoms with Gasteiger partial charge >= 0.3 is 0 Å². The Balaban J connectivity index is 1.62. The van der Waals surface area contributed by atoms with Crippen molar-refractivity contribution in [2.75, 3.05) is 0 Å². The number of aliphatic hydroxyl groups is 1. The standard InChI is InChI=1S/C19H32O/c1-18-9-3-4-16(18)15-6-5-13-12-14(20)7-11-19(13,2)17(15)8-10-18/h13-17,20H,3-12H2,1-2H3/t13-,14-,15+,16+,17+,18-,19-/m0/s1. The fraction of sp³-hybridized carbons (Fsp3) is 1.00. The highest BCUT2D eigenvalue weighted by molar-refractivity contribution is 5.07. The van der Waals surface area contributed by atoms with E-state index in [-0.39, 0.29) is 6.10 Å². The van der Waals surface area contributed by atoms with Crippen molar-refractivity contribution in [3.05, 3.63) is 0 Å². The highest BCUT2D eigenvalue weighted by Crippen LogP contribution is 2.66. The van der Waals surface area contributed by atoms with Gasteiger partial charge in [-0.25, -0.2) is 0 Å². The smallest absolute Gasteiger partial charge is 0.0543 e. The van der Waals surface area contributed by atoms with Crippen molar-refractivity contribution in [1.29, 1.82) is 0 Å². The third-order valence-electron chi connectivity index (χ3n) is 8.42. The summed E-state index contributed by atoms with van der Waals surface area (Å²) >= 11 is 0. The maximum atomic E-state index is 10.0. The zero-order chi connectivity index (χ0) is 14.0. The van der Waals surface area contributed by atoms with Crippen molar-refractivity contribution in [1.82, 2.24) is 0 Å². The van der Waals surface area contributed by atoms with Crippen LogP contribution in [0.5, 0.6) is 0 Å². The average molecular weight is 276 g/mol. The van der Waals surface area contributed by atoms with Crippen molar-refractivity contribution >= 4 is 0 Å². The highest BCUT2D eigenvalue weighted by Gasteiger charge is 2.57. The van der Waals surface area contributed by atoms with Gasteiger partial charge in [-0.05, 0) is 92.3 Å². The molecule has 0 saturated heterocycles. The quantitative estimate of drug-likeness (QED) is 0.675. The van der Waals surface area contributed by atoms with Gasteiger partial charge in [-0.15, -0.1) is 0 Å². The van der Waals surface area contributed by atoms with Crippen LogP contribution in [0.4, 0.5) is 0 Å². The molecule has 0 radical (unpaired) electrons. The van der Waals surface area contributed by atoms with Gasteiger partial charge in [-0.1, -0.05) is 20.3 Å². The Bertz CT molecular complexity index is 391. The number of rotatable bonds is 0. The van der Waals surface area contributed by atoms with Crippen LogP contribution in [0.2, 0.25) is 0 Å². The third-order valence-corrected chi connectivity index (χ3v) is 8.42. The molecule has 0 heterocycles. The minimum Gasteiger partial charge on any atom is -0.393 e. The second kappa shape index (κ2) is 4.48. The molecule has 114 valence electrons. The van der Waals surface area contributed by atoms with Crippen LogP contribution in [0.15, 0.2) is 0 Å². The summed E-state index contributed by atoms with van der Waals surface area (Å²) in [7, 11) is 0. The monoisotopic (exact) mass is 276 g/mol. The van der Waals surface area contributed by atoms with Gasteiger partial charge in [0.05, 0.1) is 6.10 Å². The van der Waals surface area contributed by atoms with Gasteiger partial charge in [-0.3, -0.25) is 0 Å². The van der Waals surface area contributed by atoms with Gasteiger partial charge < -0.3 is 5.11 Å². The van der Waals surface area contributed by atoms with Crippen LogP contribution in [-0.2, 0) is 0 Å². The molecule has 1 nitrogen and oxygen atoms in total. The average Bonchev–Trinajstić information content (AvgIpc) is 2.81. The van der Waals surface area contributed by atoms with E-state index in [0.29, 0.717) is 10.8 Å². The molecule has 4 aliphatic carbocycles. The first-order valence-electron chi connectivity index (χ1n) is 9.21. The van der Waals surface area contributed by atoms with E-state index in [2.05, 4.69) is 13.8 Å². The number of fused-ring (bicyclic) bond motifs is 5. The SMILES string of the molecule is C[C@@]12CCC[C@@H]1[C@H]1CC[C@H]3C[C@@H](O)CC[C@]3(C)[C@@H]1CC2. The van der Waals surface area contributed by atoms with Crippen LogP contribution < -0.4 is 0 Å². The van der Waals surface area contributed by atoms with Crippen molar-refractivity contribution in [3.8, 4) is 0 Å². The molecule has 0 aromatic heterocycles. The summed E-state index contributed by atoms with van der Waals surface area (Å²) in [4.78, 5) is 0. The van der Waals surface area contributed by atoms with E-state index in [4.69, 9.17) is 0 Å². The molecule has 1 N–H and O–H groups in total. The van der Waals surface area contributed by atoms with Gasteiger partial charge in [0.2, 0.25) is 0 Å². The summed E-state index contributed by atoms with van der Waals surface area (Å²) < 4.78 is 0. The normalized spacial score (nSPS) is 58.6. The molecule has 4 fully saturated rings. The Kier molecular flexibility index (Phi) is 3.05. The highest BCUT2D eigenvalue weighted by atomic mass is 16.3. The summed E-state index contributed by atoms with van der Waals surface area (Å²) in [5.74, 6) is 3.85. The van der Waals surface area contributed by atoms with Crippen molar-refractivity contribution in [2.45, 2.75) is 84.2 Å². The molecule has 0 unspecified atom stereocenters. The molecular formula is C19H32O. The molecular weight excluding hydrogens is 244 g/mol. The lowest BCUT2D eigenvalue weighted by Gasteiger charge is -2.60. The topological polar surface area (TPSA) is 20.2 Å². The molecule has 0 spiro atoms. The molecule has 0 aromatic rings. The van der Waals surface area contributed by atoms with Crippen LogP contribution in [0.25, 0.3) is 0 Å². The van der Waals surface area contributed by atoms with Gasteiger partial charge in [0, 0.05) is 0 Å². The zero-order valence-corrected chi connectivity index (χ0v) is 13.4. The molecule has 0 aliphatic heterocycles. The summed E-state index contributed by atoms with van der Waals surface area (Å²) in [6, 6.07) is 0. The summed E-state index contributed by atoms with van der Waals surface area (Å²) in [6.07, 6.45) is 13.8. The molecule has 0 bridgehead atoms. The lowest BCUT2D eigenvalue weighted by Crippen LogP contribution is -2.53. The summed E-state index contributed by atoms with van der Waals surface area (Å²) in [5.41, 5.74) is 1.25. The fourth-order valence-electron chi connectivity index (χ4n) is 7.23. The van der Waals surface area contributed by atoms with Crippen LogP contribution in [0.3, 0.4) is 0 Å². The molecule has 4 aliphatic rings. The predicted octanol–water partition coefficient (Wildman–Crippen LogP) is 4.78. The Morgan fingerprint density at radius 2 is 1.70 bits per heavy atom. The van der Waals surface area contributed by atoms with E-state index in [1.807, 2.05) is 0 Å². The van der Waals surface area contributed by atoms with Crippen molar-refractivity contribution in [3.63, 3.8) is 0 Å². The first-order chi connectivity index (χ1) is 9.53. The van der Waals surface area contributed by atoms with Crippen LogP contribution in [0.1, 0.15) is 78.1 Å². The molecule has 0 amide bonds. The molecule has 4 saturated carbocycles. The largest absolute Gasteiger partial charge is 0.393 e. The first-order valence-corrected chi connectivity index (χ1v) is 9.21. The Morgan fingerprint density at radius 3 is 2.55 bits per heavy atom. The number of aliphatic hydroxyl groups excluding tert-OH is 1. The summed E-state index contributed by atoms with van der Waals surface area (Å²) in [6.45, 7) is 5.19. The van der Waals surface area contributed by atoms with Crippen LogP contribution in [-0.4, -0.2) is 11.2 Å². The first kappa shape index (κ1) is 13.6. The van der Waals surface area contributed by atoms with Gasteiger partial charge in [0.25, 0.3) is 0 Å². The zero-order valence-electron chi connectivity index (χ0n) is 13.4. The molecule has 0 aromatic carbocycles. The molecule has 20 heavy (non-hydrogen) atoms. The van der Waals surface area contributed by atoms with E-state index in [1.54, 1.807) is 0 Å². The second-order valence-corrected chi connectivity index (χ2v) is 9.17. The number of hydrogen-bond acceptors (Lipinski definition) is 1. The van der Waals surface area contributed by atoms with E-state index < -0.39 is 0 Å². The van der Waals surface area contributed by atoms with Crippen molar-refractivity contribution < 1.29 is 5.11 Å². The van der Waals surface area contributed by atoms with E-state index >= 15 is 0 Å². The molecule has 7 atom stereocenters. The minimum atomic E-state index is 0.00459. The van der Waals surface area contributed by atoms with E-state index in [9.17, 15) is 5.11 Å². The van der Waals surface area contributed by atoms with E-state index in [1.165, 1.54) is 51.4 Å². The van der Waals surface area contributed by atoms with Crippen LogP contribution in [0, 0.1) is 34.5 Å². The van der Waals surface area contributed by atoms with Gasteiger partial charge in [0.1, 0.15) is 0 Å². The van der Waals surface area contributed by atoms with Gasteiger partial charge in [0.15, 0.2) is 0 Å². The lowest BCUT2D eigenvalue weighted by atomic mass is 9.45. The maximum absolute atomic E-state index is 10.0. The Labute approximate surface area is 124 Å². The second-order valence-electron chi connectivity index (χ2n) is 9.17. The van der Waals surface area contributed by atoms with Crippen molar-refractivity contribution in [2.24, 2.45) is 34.5 Å². The predicted molar refractivity (Wildman–Crippen MR) is 82.4 cm³/mol. The van der Waals surface area contributed by atoms with Gasteiger partial charge in [-0.2, -0.15) is 0 Å². The number of hydrogen-bond donors (Lipinski definition) is 1. The minimum absolute atomic E-state index is 0.00459. The van der Waals surface area contributed by atoms with E-state index in [0.717, 1.165) is 36.5 Å². The summed E-state index contributed by atoms with van der Waals surface area (Å²) in [5, 5.41) is 10.0. The third kappa shape index (κ3) is 1.77. The lowest BCUT2D eigenvalue weighted by molar-refractivity contribution is -0.120. The van der Waals surface area contributed by atoms with Crippen LogP contribution >= 0.6 is 0 Å². The Morgan fingerprint density at radius 1 is 0.850 bits per heavy atom. The molecule has 1 heteroatoms. The Hall–Kier alpha value is -0.0400. The maximum Gasteiger partial charge on any atom is 0.0543 e. The fourth-order valence-corrected chi connectivity index (χ4v) is 7.23.